The van der Waals surface area contributed by atoms with Crippen molar-refractivity contribution >= 4 is 17.0 Å². The Morgan fingerprint density at radius 3 is 3.07 bits per heavy atom. The Kier molecular flexibility index (Phi) is 2.08. The van der Waals surface area contributed by atoms with E-state index in [1.165, 1.54) is 11.6 Å². The monoisotopic (exact) mass is 182 g/mol. The summed E-state index contributed by atoms with van der Waals surface area (Å²) in [5.74, 6) is 0. The average molecular weight is 182 g/mol. The topological polar surface area (TPSA) is 39.6 Å². The SMILES string of the molecule is Cc1ccc2c(C=CC#N)c[nH]c2c1. The molecule has 0 amide bonds. The van der Waals surface area contributed by atoms with Crippen LogP contribution in [0.15, 0.2) is 30.5 Å². The van der Waals surface area contributed by atoms with E-state index in [0.29, 0.717) is 0 Å². The van der Waals surface area contributed by atoms with Gasteiger partial charge in [0.25, 0.3) is 0 Å². The maximum Gasteiger partial charge on any atom is 0.0912 e. The van der Waals surface area contributed by atoms with E-state index in [9.17, 15) is 0 Å². The summed E-state index contributed by atoms with van der Waals surface area (Å²) in [4.78, 5) is 3.18. The molecule has 0 unspecified atom stereocenters. The predicted molar refractivity (Wildman–Crippen MR) is 57.7 cm³/mol. The van der Waals surface area contributed by atoms with Gasteiger partial charge < -0.3 is 4.98 Å². The minimum Gasteiger partial charge on any atom is -0.361 e. The quantitative estimate of drug-likeness (QED) is 0.676. The molecular formula is C12H10N2. The Morgan fingerprint density at radius 1 is 1.43 bits per heavy atom. The summed E-state index contributed by atoms with van der Waals surface area (Å²) in [5.41, 5.74) is 3.40. The Hall–Kier alpha value is -2.01. The van der Waals surface area contributed by atoms with E-state index in [1.54, 1.807) is 0 Å². The number of allylic oxidation sites excluding steroid dienone is 1. The number of benzene rings is 1. The first-order valence-corrected chi connectivity index (χ1v) is 4.45. The molecule has 68 valence electrons. The van der Waals surface area contributed by atoms with Crippen molar-refractivity contribution in [1.29, 1.82) is 5.26 Å². The van der Waals surface area contributed by atoms with Crippen LogP contribution in [0.3, 0.4) is 0 Å². The molecule has 0 fully saturated rings. The lowest BCUT2D eigenvalue weighted by Crippen LogP contribution is -1.72. The van der Waals surface area contributed by atoms with Gasteiger partial charge in [0.05, 0.1) is 6.07 Å². The maximum atomic E-state index is 8.43. The highest BCUT2D eigenvalue weighted by atomic mass is 14.7. The molecule has 0 saturated carbocycles. The molecule has 0 atom stereocenters. The van der Waals surface area contributed by atoms with Crippen LogP contribution in [0.25, 0.3) is 17.0 Å². The van der Waals surface area contributed by atoms with Crippen LogP contribution < -0.4 is 0 Å². The Bertz CT molecular complexity index is 527. The molecule has 0 radical (unpaired) electrons. The fraction of sp³-hybridized carbons (Fsp3) is 0.0833. The number of aryl methyl sites for hydroxylation is 1. The molecule has 1 aromatic heterocycles. The summed E-state index contributed by atoms with van der Waals surface area (Å²) in [6.07, 6.45) is 5.22. The predicted octanol–water partition coefficient (Wildman–Crippen LogP) is 3.01. The van der Waals surface area contributed by atoms with Crippen LogP contribution in [0.1, 0.15) is 11.1 Å². The van der Waals surface area contributed by atoms with Gasteiger partial charge in [-0.25, -0.2) is 0 Å². The number of nitrogens with zero attached hydrogens (tertiary/aromatic N) is 1. The zero-order valence-electron chi connectivity index (χ0n) is 7.91. The third-order valence-corrected chi connectivity index (χ3v) is 2.21. The molecule has 2 aromatic rings. The lowest BCUT2D eigenvalue weighted by atomic mass is 10.1. The van der Waals surface area contributed by atoms with Gasteiger partial charge in [0.2, 0.25) is 0 Å². The van der Waals surface area contributed by atoms with E-state index in [0.717, 1.165) is 16.5 Å². The largest absolute Gasteiger partial charge is 0.361 e. The van der Waals surface area contributed by atoms with Gasteiger partial charge in [-0.3, -0.25) is 0 Å². The number of nitriles is 1. The van der Waals surface area contributed by atoms with E-state index >= 15 is 0 Å². The molecule has 0 aliphatic heterocycles. The molecular weight excluding hydrogens is 172 g/mol. The molecule has 0 aliphatic carbocycles. The molecule has 0 spiro atoms. The molecule has 1 N–H and O–H groups in total. The van der Waals surface area contributed by atoms with Crippen molar-refractivity contribution in [3.8, 4) is 6.07 Å². The van der Waals surface area contributed by atoms with Crippen molar-refractivity contribution in [3.63, 3.8) is 0 Å². The first-order valence-electron chi connectivity index (χ1n) is 4.45. The lowest BCUT2D eigenvalue weighted by molar-refractivity contribution is 1.44. The Morgan fingerprint density at radius 2 is 2.29 bits per heavy atom. The molecule has 2 heteroatoms. The van der Waals surface area contributed by atoms with Gasteiger partial charge in [-0.2, -0.15) is 5.26 Å². The summed E-state index contributed by atoms with van der Waals surface area (Å²) >= 11 is 0. The lowest BCUT2D eigenvalue weighted by Gasteiger charge is -1.93. The minimum atomic E-state index is 1.06. The summed E-state index contributed by atoms with van der Waals surface area (Å²) in [7, 11) is 0. The molecule has 14 heavy (non-hydrogen) atoms. The van der Waals surface area contributed by atoms with Gasteiger partial charge in [-0.15, -0.1) is 0 Å². The third-order valence-electron chi connectivity index (χ3n) is 2.21. The second kappa shape index (κ2) is 3.39. The first kappa shape index (κ1) is 8.58. The summed E-state index contributed by atoms with van der Waals surface area (Å²) < 4.78 is 0. The number of aromatic amines is 1. The second-order valence-corrected chi connectivity index (χ2v) is 3.26. The van der Waals surface area contributed by atoms with Crippen molar-refractivity contribution in [3.05, 3.63) is 41.6 Å². The number of H-pyrrole nitrogens is 1. The molecule has 2 rings (SSSR count). The maximum absolute atomic E-state index is 8.43. The molecule has 2 nitrogen and oxygen atoms in total. The molecule has 0 saturated heterocycles. The Balaban J connectivity index is 2.59. The van der Waals surface area contributed by atoms with Crippen molar-refractivity contribution in [2.45, 2.75) is 6.92 Å². The van der Waals surface area contributed by atoms with Crippen LogP contribution in [0.5, 0.6) is 0 Å². The van der Waals surface area contributed by atoms with Gasteiger partial charge >= 0.3 is 0 Å². The number of fused-ring (bicyclic) bond motifs is 1. The number of nitrogens with one attached hydrogen (secondary N) is 1. The molecule has 0 aliphatic rings. The van der Waals surface area contributed by atoms with Gasteiger partial charge in [0, 0.05) is 28.7 Å². The fourth-order valence-electron chi connectivity index (χ4n) is 1.53. The van der Waals surface area contributed by atoms with Crippen LogP contribution in [-0.2, 0) is 0 Å². The highest BCUT2D eigenvalue weighted by Crippen LogP contribution is 2.20. The van der Waals surface area contributed by atoms with Gasteiger partial charge in [0.1, 0.15) is 0 Å². The van der Waals surface area contributed by atoms with Crippen LogP contribution in [0.4, 0.5) is 0 Å². The summed E-state index contributed by atoms with van der Waals surface area (Å²) in [6.45, 7) is 2.06. The van der Waals surface area contributed by atoms with Gasteiger partial charge in [-0.1, -0.05) is 12.1 Å². The molecule has 0 bridgehead atoms. The van der Waals surface area contributed by atoms with Crippen molar-refractivity contribution in [1.82, 2.24) is 4.98 Å². The van der Waals surface area contributed by atoms with E-state index < -0.39 is 0 Å². The number of rotatable bonds is 1. The standard InChI is InChI=1S/C12H10N2/c1-9-4-5-11-10(3-2-6-13)8-14-12(11)7-9/h2-5,7-8,14H,1H3. The van der Waals surface area contributed by atoms with Gasteiger partial charge in [0.15, 0.2) is 0 Å². The van der Waals surface area contributed by atoms with Gasteiger partial charge in [-0.05, 0) is 24.6 Å². The minimum absolute atomic E-state index is 1.06. The van der Waals surface area contributed by atoms with E-state index in [4.69, 9.17) is 5.26 Å². The zero-order chi connectivity index (χ0) is 9.97. The smallest absolute Gasteiger partial charge is 0.0912 e. The van der Waals surface area contributed by atoms with E-state index in [-0.39, 0.29) is 0 Å². The molecule has 1 aromatic carbocycles. The first-order chi connectivity index (χ1) is 6.81. The summed E-state index contributed by atoms with van der Waals surface area (Å²) in [5, 5.41) is 9.59. The highest BCUT2D eigenvalue weighted by molar-refractivity contribution is 5.89. The van der Waals surface area contributed by atoms with Crippen LogP contribution in [0, 0.1) is 18.3 Å². The van der Waals surface area contributed by atoms with Crippen LogP contribution in [0.2, 0.25) is 0 Å². The highest BCUT2D eigenvalue weighted by Gasteiger charge is 1.99. The fourth-order valence-corrected chi connectivity index (χ4v) is 1.53. The number of aromatic nitrogens is 1. The average Bonchev–Trinajstić information content (AvgIpc) is 2.57. The van der Waals surface area contributed by atoms with Crippen molar-refractivity contribution < 1.29 is 0 Å². The molecule has 1 heterocycles. The van der Waals surface area contributed by atoms with Crippen LogP contribution in [-0.4, -0.2) is 4.98 Å². The van der Waals surface area contributed by atoms with E-state index in [1.807, 2.05) is 18.3 Å². The van der Waals surface area contributed by atoms with Crippen LogP contribution >= 0.6 is 0 Å². The Labute approximate surface area is 82.5 Å². The van der Waals surface area contributed by atoms with Crippen molar-refractivity contribution in [2.24, 2.45) is 0 Å². The van der Waals surface area contributed by atoms with Crippen molar-refractivity contribution in [2.75, 3.05) is 0 Å². The number of hydrogen-bond acceptors (Lipinski definition) is 1. The number of hydrogen-bond donors (Lipinski definition) is 1. The third kappa shape index (κ3) is 1.40. The normalized spacial score (nSPS) is 10.9. The van der Waals surface area contributed by atoms with E-state index in [2.05, 4.69) is 30.1 Å². The zero-order valence-corrected chi connectivity index (χ0v) is 7.91. The summed E-state index contributed by atoms with van der Waals surface area (Å²) in [6, 6.07) is 8.22. The second-order valence-electron chi connectivity index (χ2n) is 3.26.